The summed E-state index contributed by atoms with van der Waals surface area (Å²) in [6.07, 6.45) is 0.195. The fraction of sp³-hybridized carbons (Fsp3) is 0.419. The number of rotatable bonds is 11. The average molecular weight is 585 g/mol. The van der Waals surface area contributed by atoms with E-state index in [0.29, 0.717) is 12.0 Å². The number of hydrogen-bond acceptors (Lipinski definition) is 3. The molecule has 0 N–H and O–H groups in total. The third kappa shape index (κ3) is 7.15. The van der Waals surface area contributed by atoms with E-state index in [1.54, 1.807) is 6.92 Å². The molecule has 222 valence electrons. The molecule has 1 aliphatic heterocycles. The van der Waals surface area contributed by atoms with Crippen LogP contribution in [0.15, 0.2) is 42.5 Å². The molecule has 1 heterocycles. The highest BCUT2D eigenvalue weighted by molar-refractivity contribution is 5.66. The van der Waals surface area contributed by atoms with Gasteiger partial charge < -0.3 is 14.2 Å². The predicted octanol–water partition coefficient (Wildman–Crippen LogP) is 8.97. The molecule has 3 nitrogen and oxygen atoms in total. The minimum absolute atomic E-state index is 0.0138. The van der Waals surface area contributed by atoms with Gasteiger partial charge in [0.25, 0.3) is 5.92 Å². The van der Waals surface area contributed by atoms with Crippen LogP contribution in [0, 0.1) is 35.0 Å². The molecule has 0 bridgehead atoms. The minimum Gasteiger partial charge on any atom is -0.491 e. The van der Waals surface area contributed by atoms with E-state index in [-0.39, 0.29) is 48.5 Å². The zero-order valence-electron chi connectivity index (χ0n) is 22.7. The molecule has 0 saturated carbocycles. The third-order valence-electron chi connectivity index (χ3n) is 7.05. The molecule has 4 rings (SSSR count). The molecule has 0 aromatic heterocycles. The fourth-order valence-corrected chi connectivity index (χ4v) is 4.99. The molecule has 1 saturated heterocycles. The maximum Gasteiger partial charge on any atom is 0.281 e. The number of benzene rings is 3. The Labute approximate surface area is 234 Å². The summed E-state index contributed by atoms with van der Waals surface area (Å²) in [5.41, 5.74) is 0.330. The molecule has 0 spiro atoms. The number of alkyl halides is 2. The van der Waals surface area contributed by atoms with Crippen LogP contribution in [0.5, 0.6) is 11.5 Å². The monoisotopic (exact) mass is 584 g/mol. The summed E-state index contributed by atoms with van der Waals surface area (Å²) < 4.78 is 117. The van der Waals surface area contributed by atoms with Crippen LogP contribution in [0.2, 0.25) is 0 Å². The molecule has 3 aromatic rings. The Balaban J connectivity index is 1.34. The van der Waals surface area contributed by atoms with Crippen LogP contribution in [-0.4, -0.2) is 25.7 Å². The molecule has 0 aliphatic carbocycles. The lowest BCUT2D eigenvalue weighted by molar-refractivity contribution is -0.0910. The second-order valence-electron chi connectivity index (χ2n) is 10.1. The minimum atomic E-state index is -3.41. The quantitative estimate of drug-likeness (QED) is 0.211. The molecular weight excluding hydrogens is 553 g/mol. The first-order valence-electron chi connectivity index (χ1n) is 13.5. The molecule has 0 radical (unpaired) electrons. The van der Waals surface area contributed by atoms with E-state index in [1.165, 1.54) is 24.3 Å². The Morgan fingerprint density at radius 1 is 0.829 bits per heavy atom. The number of aryl methyl sites for hydroxylation is 1. The molecule has 2 unspecified atom stereocenters. The van der Waals surface area contributed by atoms with Crippen molar-refractivity contribution in [2.24, 2.45) is 5.92 Å². The highest BCUT2D eigenvalue weighted by atomic mass is 19.3. The molecule has 41 heavy (non-hydrogen) atoms. The lowest BCUT2D eigenvalue weighted by Gasteiger charge is -2.31. The summed E-state index contributed by atoms with van der Waals surface area (Å²) in [6.45, 7) is 2.36. The zero-order valence-corrected chi connectivity index (χ0v) is 22.7. The van der Waals surface area contributed by atoms with Crippen molar-refractivity contribution in [3.05, 3.63) is 82.7 Å². The normalized spacial score (nSPS) is 17.5. The molecular formula is C31H31F7O3. The standard InChI is InChI=1S/C31H31F7O3/c1-3-5-19-7-8-20(14-23(19)32)21-9-12-26(30(36)27(21)33)41-17-31(37,38)15-18-6-11-24(40-16-18)22-10-13-25(39-4-2)29(35)28(22)34/h7-10,12-14,18,24H,3-6,11,15-17H2,1-2H3. The molecule has 10 heteroatoms. The van der Waals surface area contributed by atoms with Crippen molar-refractivity contribution in [1.29, 1.82) is 0 Å². The Bertz CT molecular complexity index is 1350. The highest BCUT2D eigenvalue weighted by Gasteiger charge is 2.37. The SMILES string of the molecule is CCCc1ccc(-c2ccc(OCC(F)(F)CC3CCC(c4ccc(OCC)c(F)c4F)OC3)c(F)c2F)cc1F. The number of hydrogen-bond donors (Lipinski definition) is 0. The van der Waals surface area contributed by atoms with Crippen molar-refractivity contribution in [3.8, 4) is 22.6 Å². The molecule has 2 atom stereocenters. The van der Waals surface area contributed by atoms with Crippen molar-refractivity contribution >= 4 is 0 Å². The van der Waals surface area contributed by atoms with E-state index in [4.69, 9.17) is 14.2 Å². The van der Waals surface area contributed by atoms with Gasteiger partial charge in [-0.2, -0.15) is 8.78 Å². The van der Waals surface area contributed by atoms with Gasteiger partial charge in [-0.1, -0.05) is 25.5 Å². The van der Waals surface area contributed by atoms with Gasteiger partial charge in [-0.3, -0.25) is 0 Å². The van der Waals surface area contributed by atoms with E-state index in [2.05, 4.69) is 0 Å². The van der Waals surface area contributed by atoms with Gasteiger partial charge in [0.2, 0.25) is 11.6 Å². The lowest BCUT2D eigenvalue weighted by Crippen LogP contribution is -2.32. The van der Waals surface area contributed by atoms with Crippen molar-refractivity contribution in [2.75, 3.05) is 19.8 Å². The molecule has 0 amide bonds. The summed E-state index contributed by atoms with van der Waals surface area (Å²) in [6, 6.07) is 8.91. The van der Waals surface area contributed by atoms with Crippen LogP contribution < -0.4 is 9.47 Å². The molecule has 3 aromatic carbocycles. The first-order chi connectivity index (χ1) is 19.5. The first-order valence-corrected chi connectivity index (χ1v) is 13.5. The number of ether oxygens (including phenoxy) is 3. The van der Waals surface area contributed by atoms with Crippen molar-refractivity contribution < 1.29 is 44.9 Å². The van der Waals surface area contributed by atoms with Gasteiger partial charge in [-0.15, -0.1) is 0 Å². The van der Waals surface area contributed by atoms with E-state index in [1.807, 2.05) is 6.92 Å². The van der Waals surface area contributed by atoms with Crippen molar-refractivity contribution in [2.45, 2.75) is 58.0 Å². The Kier molecular flexibility index (Phi) is 9.84. The van der Waals surface area contributed by atoms with Crippen LogP contribution in [0.3, 0.4) is 0 Å². The van der Waals surface area contributed by atoms with Crippen LogP contribution in [0.25, 0.3) is 11.1 Å². The molecule has 1 aliphatic rings. The van der Waals surface area contributed by atoms with E-state index in [0.717, 1.165) is 24.6 Å². The van der Waals surface area contributed by atoms with Gasteiger partial charge in [-0.05, 0) is 73.6 Å². The smallest absolute Gasteiger partial charge is 0.281 e. The van der Waals surface area contributed by atoms with E-state index >= 15 is 0 Å². The second-order valence-corrected chi connectivity index (χ2v) is 10.1. The molecule has 1 fully saturated rings. The van der Waals surface area contributed by atoms with Gasteiger partial charge in [-0.25, -0.2) is 22.0 Å². The summed E-state index contributed by atoms with van der Waals surface area (Å²) in [4.78, 5) is 0. The maximum absolute atomic E-state index is 14.8. The predicted molar refractivity (Wildman–Crippen MR) is 140 cm³/mol. The zero-order chi connectivity index (χ0) is 29.7. The number of halogens is 7. The third-order valence-corrected chi connectivity index (χ3v) is 7.05. The Morgan fingerprint density at radius 3 is 2.20 bits per heavy atom. The largest absolute Gasteiger partial charge is 0.491 e. The summed E-state index contributed by atoms with van der Waals surface area (Å²) in [5.74, 6) is -10.5. The van der Waals surface area contributed by atoms with Crippen LogP contribution >= 0.6 is 0 Å². The van der Waals surface area contributed by atoms with Crippen molar-refractivity contribution in [3.63, 3.8) is 0 Å². The van der Waals surface area contributed by atoms with Crippen LogP contribution in [0.1, 0.15) is 56.8 Å². The van der Waals surface area contributed by atoms with E-state index in [9.17, 15) is 30.7 Å². The maximum atomic E-state index is 14.8. The first kappa shape index (κ1) is 30.7. The summed E-state index contributed by atoms with van der Waals surface area (Å²) in [7, 11) is 0. The van der Waals surface area contributed by atoms with E-state index < -0.39 is 65.8 Å². The van der Waals surface area contributed by atoms with Gasteiger partial charge in [0, 0.05) is 17.5 Å². The topological polar surface area (TPSA) is 27.7 Å². The second kappa shape index (κ2) is 13.1. The lowest BCUT2D eigenvalue weighted by atomic mass is 9.90. The summed E-state index contributed by atoms with van der Waals surface area (Å²) >= 11 is 0. The van der Waals surface area contributed by atoms with Crippen LogP contribution in [-0.2, 0) is 11.2 Å². The summed E-state index contributed by atoms with van der Waals surface area (Å²) in [5, 5.41) is 0. The fourth-order valence-electron chi connectivity index (χ4n) is 4.99. The Morgan fingerprint density at radius 2 is 1.54 bits per heavy atom. The Hall–Kier alpha value is -3.27. The highest BCUT2D eigenvalue weighted by Crippen LogP contribution is 2.38. The van der Waals surface area contributed by atoms with Gasteiger partial charge >= 0.3 is 0 Å². The van der Waals surface area contributed by atoms with Gasteiger partial charge in [0.05, 0.1) is 19.3 Å². The van der Waals surface area contributed by atoms with Crippen LogP contribution in [0.4, 0.5) is 30.7 Å². The van der Waals surface area contributed by atoms with Gasteiger partial charge in [0.1, 0.15) is 5.82 Å². The van der Waals surface area contributed by atoms with Gasteiger partial charge in [0.15, 0.2) is 29.7 Å². The average Bonchev–Trinajstić information content (AvgIpc) is 2.94. The van der Waals surface area contributed by atoms with Crippen molar-refractivity contribution in [1.82, 2.24) is 0 Å².